The Morgan fingerprint density at radius 2 is 2.17 bits per heavy atom. The molecule has 128 valence electrons. The number of ether oxygens (including phenoxy) is 1. The van der Waals surface area contributed by atoms with Crippen LogP contribution in [0.2, 0.25) is 0 Å². The minimum absolute atomic E-state index is 0.0918. The molecule has 0 aliphatic carbocycles. The maximum absolute atomic E-state index is 14.1. The van der Waals surface area contributed by atoms with Crippen molar-refractivity contribution >= 4 is 5.91 Å². The number of aromatic nitrogens is 1. The number of halogens is 1. The Morgan fingerprint density at radius 1 is 1.38 bits per heavy atom. The van der Waals surface area contributed by atoms with Crippen LogP contribution in [0, 0.1) is 5.82 Å². The number of methoxy groups -OCH3 is 1. The predicted molar refractivity (Wildman–Crippen MR) is 86.4 cm³/mol. The van der Waals surface area contributed by atoms with E-state index < -0.39 is 5.82 Å². The summed E-state index contributed by atoms with van der Waals surface area (Å²) in [6, 6.07) is 6.01. The summed E-state index contributed by atoms with van der Waals surface area (Å²) in [6.45, 7) is 4.25. The van der Waals surface area contributed by atoms with E-state index in [-0.39, 0.29) is 29.0 Å². The van der Waals surface area contributed by atoms with Gasteiger partial charge in [0.15, 0.2) is 11.5 Å². The van der Waals surface area contributed by atoms with Crippen molar-refractivity contribution < 1.29 is 18.4 Å². The standard InChI is InChI=1S/C17H20FN3O3/c1-11-10-20(2)6-7-21(11)17(22)15-9-16(24-19-15)13-5-4-12(23-3)8-14(13)18/h4-5,8-9,11H,6-7,10H2,1-3H3/t11-/m0/s1. The van der Waals surface area contributed by atoms with Crippen molar-refractivity contribution in [2.75, 3.05) is 33.8 Å². The minimum atomic E-state index is -0.488. The van der Waals surface area contributed by atoms with E-state index in [0.29, 0.717) is 12.3 Å². The van der Waals surface area contributed by atoms with Crippen molar-refractivity contribution in [1.82, 2.24) is 15.0 Å². The molecule has 1 aliphatic heterocycles. The van der Waals surface area contributed by atoms with Crippen molar-refractivity contribution in [3.63, 3.8) is 0 Å². The Labute approximate surface area is 139 Å². The molecule has 1 atom stereocenters. The monoisotopic (exact) mass is 333 g/mol. The van der Waals surface area contributed by atoms with Gasteiger partial charge in [0.1, 0.15) is 11.6 Å². The molecule has 1 aromatic carbocycles. The topological polar surface area (TPSA) is 58.8 Å². The third-order valence-corrected chi connectivity index (χ3v) is 4.26. The van der Waals surface area contributed by atoms with Gasteiger partial charge < -0.3 is 19.1 Å². The van der Waals surface area contributed by atoms with Crippen LogP contribution in [-0.2, 0) is 0 Å². The van der Waals surface area contributed by atoms with Gasteiger partial charge in [0.25, 0.3) is 5.91 Å². The number of rotatable bonds is 3. The molecule has 2 aromatic rings. The SMILES string of the molecule is COc1ccc(-c2cc(C(=O)N3CCN(C)C[C@@H]3C)no2)c(F)c1. The molecule has 0 N–H and O–H groups in total. The number of amides is 1. The zero-order valence-electron chi connectivity index (χ0n) is 14.0. The number of carbonyl (C=O) groups excluding carboxylic acids is 1. The van der Waals surface area contributed by atoms with Crippen LogP contribution in [0.15, 0.2) is 28.8 Å². The highest BCUT2D eigenvalue weighted by molar-refractivity contribution is 5.93. The lowest BCUT2D eigenvalue weighted by molar-refractivity contribution is 0.0523. The lowest BCUT2D eigenvalue weighted by Crippen LogP contribution is -2.52. The highest BCUT2D eigenvalue weighted by Gasteiger charge is 2.28. The van der Waals surface area contributed by atoms with Crippen LogP contribution in [0.3, 0.4) is 0 Å². The number of piperazine rings is 1. The summed E-state index contributed by atoms with van der Waals surface area (Å²) in [6.07, 6.45) is 0. The van der Waals surface area contributed by atoms with E-state index in [1.54, 1.807) is 17.0 Å². The average molecular weight is 333 g/mol. The van der Waals surface area contributed by atoms with Gasteiger partial charge in [-0.25, -0.2) is 4.39 Å². The van der Waals surface area contributed by atoms with Crippen molar-refractivity contribution in [2.24, 2.45) is 0 Å². The van der Waals surface area contributed by atoms with Crippen LogP contribution in [-0.4, -0.2) is 60.7 Å². The van der Waals surface area contributed by atoms with Gasteiger partial charge in [-0.15, -0.1) is 0 Å². The maximum Gasteiger partial charge on any atom is 0.276 e. The van der Waals surface area contributed by atoms with Crippen molar-refractivity contribution in [2.45, 2.75) is 13.0 Å². The predicted octanol–water partition coefficient (Wildman–Crippen LogP) is 2.27. The van der Waals surface area contributed by atoms with E-state index in [1.807, 2.05) is 14.0 Å². The van der Waals surface area contributed by atoms with Crippen molar-refractivity contribution in [3.05, 3.63) is 35.8 Å². The number of nitrogens with zero attached hydrogens (tertiary/aromatic N) is 3. The summed E-state index contributed by atoms with van der Waals surface area (Å²) in [5.74, 6) is -0.0457. The van der Waals surface area contributed by atoms with E-state index in [0.717, 1.165) is 13.1 Å². The van der Waals surface area contributed by atoms with Crippen LogP contribution in [0.4, 0.5) is 4.39 Å². The van der Waals surface area contributed by atoms with Crippen molar-refractivity contribution in [3.8, 4) is 17.1 Å². The molecule has 6 nitrogen and oxygen atoms in total. The van der Waals surface area contributed by atoms with Crippen LogP contribution >= 0.6 is 0 Å². The summed E-state index contributed by atoms with van der Waals surface area (Å²) in [4.78, 5) is 16.6. The molecule has 0 spiro atoms. The lowest BCUT2D eigenvalue weighted by atomic mass is 10.1. The Kier molecular flexibility index (Phi) is 4.53. The second-order valence-corrected chi connectivity index (χ2v) is 6.03. The molecular formula is C17H20FN3O3. The number of benzene rings is 1. The van der Waals surface area contributed by atoms with Gasteiger partial charge in [-0.1, -0.05) is 5.16 Å². The summed E-state index contributed by atoms with van der Waals surface area (Å²) >= 11 is 0. The first-order chi connectivity index (χ1) is 11.5. The first-order valence-corrected chi connectivity index (χ1v) is 7.79. The van der Waals surface area contributed by atoms with E-state index >= 15 is 0 Å². The van der Waals surface area contributed by atoms with Gasteiger partial charge in [0.05, 0.1) is 12.7 Å². The average Bonchev–Trinajstić information content (AvgIpc) is 3.03. The van der Waals surface area contributed by atoms with Gasteiger partial charge in [-0.2, -0.15) is 0 Å². The zero-order chi connectivity index (χ0) is 17.3. The molecule has 1 fully saturated rings. The normalized spacial score (nSPS) is 18.7. The molecule has 1 saturated heterocycles. The molecule has 3 rings (SSSR count). The number of likely N-dealkylation sites (N-methyl/N-ethyl adjacent to an activating group) is 1. The molecule has 0 radical (unpaired) electrons. The third-order valence-electron chi connectivity index (χ3n) is 4.26. The molecule has 0 unspecified atom stereocenters. The van der Waals surface area contributed by atoms with Crippen LogP contribution in [0.5, 0.6) is 5.75 Å². The van der Waals surface area contributed by atoms with Gasteiger partial charge in [-0.05, 0) is 26.1 Å². The fourth-order valence-corrected chi connectivity index (χ4v) is 2.91. The highest BCUT2D eigenvalue weighted by atomic mass is 19.1. The van der Waals surface area contributed by atoms with E-state index in [1.165, 1.54) is 19.2 Å². The van der Waals surface area contributed by atoms with Crippen LogP contribution in [0.1, 0.15) is 17.4 Å². The molecule has 0 saturated carbocycles. The molecule has 7 heteroatoms. The molecule has 2 heterocycles. The molecule has 24 heavy (non-hydrogen) atoms. The van der Waals surface area contributed by atoms with Gasteiger partial charge >= 0.3 is 0 Å². The number of hydrogen-bond donors (Lipinski definition) is 0. The largest absolute Gasteiger partial charge is 0.497 e. The minimum Gasteiger partial charge on any atom is -0.497 e. The van der Waals surface area contributed by atoms with E-state index in [4.69, 9.17) is 9.26 Å². The van der Waals surface area contributed by atoms with Crippen molar-refractivity contribution in [1.29, 1.82) is 0 Å². The molecule has 1 aromatic heterocycles. The summed E-state index contributed by atoms with van der Waals surface area (Å²) in [5.41, 5.74) is 0.436. The fraction of sp³-hybridized carbons (Fsp3) is 0.412. The van der Waals surface area contributed by atoms with Gasteiger partial charge in [-0.3, -0.25) is 4.79 Å². The number of hydrogen-bond acceptors (Lipinski definition) is 5. The molecule has 1 amide bonds. The van der Waals surface area contributed by atoms with Gasteiger partial charge in [0.2, 0.25) is 0 Å². The third kappa shape index (κ3) is 3.12. The van der Waals surface area contributed by atoms with Gasteiger partial charge in [0, 0.05) is 37.8 Å². The quantitative estimate of drug-likeness (QED) is 0.862. The molecule has 1 aliphatic rings. The summed E-state index contributed by atoms with van der Waals surface area (Å²) < 4.78 is 24.3. The van der Waals surface area contributed by atoms with Crippen LogP contribution < -0.4 is 4.74 Å². The Hall–Kier alpha value is -2.41. The first-order valence-electron chi connectivity index (χ1n) is 7.79. The highest BCUT2D eigenvalue weighted by Crippen LogP contribution is 2.27. The molecule has 0 bridgehead atoms. The smallest absolute Gasteiger partial charge is 0.276 e. The zero-order valence-corrected chi connectivity index (χ0v) is 14.0. The van der Waals surface area contributed by atoms with Crippen LogP contribution in [0.25, 0.3) is 11.3 Å². The fourth-order valence-electron chi connectivity index (χ4n) is 2.91. The lowest BCUT2D eigenvalue weighted by Gasteiger charge is -2.37. The first kappa shape index (κ1) is 16.4. The second-order valence-electron chi connectivity index (χ2n) is 6.03. The van der Waals surface area contributed by atoms with E-state index in [9.17, 15) is 9.18 Å². The molecular weight excluding hydrogens is 313 g/mol. The second kappa shape index (κ2) is 6.60. The number of carbonyl (C=O) groups is 1. The Bertz CT molecular complexity index is 746. The summed E-state index contributed by atoms with van der Waals surface area (Å²) in [5, 5.41) is 3.83. The Balaban J connectivity index is 1.81. The Morgan fingerprint density at radius 3 is 2.83 bits per heavy atom. The summed E-state index contributed by atoms with van der Waals surface area (Å²) in [7, 11) is 3.50. The maximum atomic E-state index is 14.1. The van der Waals surface area contributed by atoms with E-state index in [2.05, 4.69) is 10.1 Å².